The Balaban J connectivity index is 1.90. The third-order valence-corrected chi connectivity index (χ3v) is 6.67. The molecule has 3 aliphatic rings. The lowest BCUT2D eigenvalue weighted by Crippen LogP contribution is -2.54. The molecule has 0 spiro atoms. The third-order valence-electron chi connectivity index (χ3n) is 6.67. The summed E-state index contributed by atoms with van der Waals surface area (Å²) in [5.74, 6) is 1.14. The van der Waals surface area contributed by atoms with Crippen LogP contribution in [0, 0.1) is 23.2 Å². The number of hydrogen-bond donors (Lipinski definition) is 0. The number of carbonyl (C=O) groups excluding carboxylic acids is 2. The summed E-state index contributed by atoms with van der Waals surface area (Å²) < 4.78 is 11.2. The summed E-state index contributed by atoms with van der Waals surface area (Å²) in [6.45, 7) is 8.98. The number of rotatable bonds is 6. The molecule has 3 saturated carbocycles. The fourth-order valence-corrected chi connectivity index (χ4v) is 5.73. The highest BCUT2D eigenvalue weighted by molar-refractivity contribution is 5.82. The topological polar surface area (TPSA) is 52.6 Å². The van der Waals surface area contributed by atoms with Gasteiger partial charge in [-0.15, -0.1) is 0 Å². The van der Waals surface area contributed by atoms with Gasteiger partial charge in [-0.25, -0.2) is 9.59 Å². The quantitative estimate of drug-likeness (QED) is 0.556. The number of hydrogen-bond acceptors (Lipinski definition) is 4. The standard InChI is InChI=1S/C19H26O4/c1-4-16(20)22-12-18(3,23-17(21)5-2)19-10-9-13(11-19)14-7-6-8-15(14)19/h4-5,13-15H,1-2,6-12H2,3H3. The van der Waals surface area contributed by atoms with Crippen molar-refractivity contribution >= 4 is 11.9 Å². The van der Waals surface area contributed by atoms with Crippen molar-refractivity contribution in [2.45, 2.75) is 51.0 Å². The van der Waals surface area contributed by atoms with Crippen LogP contribution in [0.1, 0.15) is 45.4 Å². The van der Waals surface area contributed by atoms with Gasteiger partial charge in [-0.05, 0) is 56.8 Å². The van der Waals surface area contributed by atoms with Gasteiger partial charge in [0.05, 0.1) is 0 Å². The smallest absolute Gasteiger partial charge is 0.330 e. The Morgan fingerprint density at radius 3 is 2.65 bits per heavy atom. The molecule has 0 saturated heterocycles. The number of carbonyl (C=O) groups is 2. The van der Waals surface area contributed by atoms with Crippen LogP contribution in [0.15, 0.2) is 25.3 Å². The molecule has 3 aliphatic carbocycles. The molecule has 0 radical (unpaired) electrons. The van der Waals surface area contributed by atoms with Gasteiger partial charge < -0.3 is 9.47 Å². The predicted molar refractivity (Wildman–Crippen MR) is 86.5 cm³/mol. The zero-order chi connectivity index (χ0) is 16.7. The van der Waals surface area contributed by atoms with E-state index < -0.39 is 17.5 Å². The maximum atomic E-state index is 12.0. The van der Waals surface area contributed by atoms with Gasteiger partial charge in [-0.1, -0.05) is 19.6 Å². The van der Waals surface area contributed by atoms with Crippen molar-refractivity contribution in [2.24, 2.45) is 23.2 Å². The van der Waals surface area contributed by atoms with Crippen LogP contribution in [-0.2, 0) is 19.1 Å². The zero-order valence-corrected chi connectivity index (χ0v) is 13.9. The molecule has 0 heterocycles. The van der Waals surface area contributed by atoms with Crippen molar-refractivity contribution in [1.82, 2.24) is 0 Å². The lowest BCUT2D eigenvalue weighted by Gasteiger charge is -2.48. The average molecular weight is 318 g/mol. The normalized spacial score (nSPS) is 36.8. The molecule has 0 aromatic rings. The maximum Gasteiger partial charge on any atom is 0.330 e. The lowest BCUT2D eigenvalue weighted by atomic mass is 9.62. The van der Waals surface area contributed by atoms with Crippen molar-refractivity contribution in [2.75, 3.05) is 6.61 Å². The summed E-state index contributed by atoms with van der Waals surface area (Å²) in [6.07, 6.45) is 9.39. The molecule has 4 heteroatoms. The average Bonchev–Trinajstić information content (AvgIpc) is 3.24. The Labute approximate surface area is 137 Å². The lowest BCUT2D eigenvalue weighted by molar-refractivity contribution is -0.191. The van der Waals surface area contributed by atoms with Crippen LogP contribution in [0.3, 0.4) is 0 Å². The van der Waals surface area contributed by atoms with Crippen molar-refractivity contribution in [3.63, 3.8) is 0 Å². The van der Waals surface area contributed by atoms with E-state index in [-0.39, 0.29) is 12.0 Å². The van der Waals surface area contributed by atoms with E-state index in [1.165, 1.54) is 31.8 Å². The summed E-state index contributed by atoms with van der Waals surface area (Å²) in [5, 5.41) is 0. The van der Waals surface area contributed by atoms with E-state index in [4.69, 9.17) is 9.47 Å². The Kier molecular flexibility index (Phi) is 4.11. The Morgan fingerprint density at radius 1 is 1.22 bits per heavy atom. The van der Waals surface area contributed by atoms with Crippen LogP contribution < -0.4 is 0 Å². The van der Waals surface area contributed by atoms with Crippen molar-refractivity contribution in [3.8, 4) is 0 Å². The van der Waals surface area contributed by atoms with E-state index in [0.29, 0.717) is 5.92 Å². The number of ether oxygens (including phenoxy) is 2. The molecule has 0 N–H and O–H groups in total. The van der Waals surface area contributed by atoms with Gasteiger partial charge in [0, 0.05) is 17.6 Å². The molecule has 5 unspecified atom stereocenters. The molecule has 0 aromatic carbocycles. The molecule has 126 valence electrons. The first-order chi connectivity index (χ1) is 11.0. The molecule has 5 atom stereocenters. The van der Waals surface area contributed by atoms with Crippen LogP contribution in [0.4, 0.5) is 0 Å². The van der Waals surface area contributed by atoms with Gasteiger partial charge in [0.25, 0.3) is 0 Å². The fraction of sp³-hybridized carbons (Fsp3) is 0.684. The minimum absolute atomic E-state index is 0.0705. The third kappa shape index (κ3) is 2.43. The highest BCUT2D eigenvalue weighted by atomic mass is 16.6. The summed E-state index contributed by atoms with van der Waals surface area (Å²) in [5.41, 5.74) is -0.867. The molecule has 3 fully saturated rings. The van der Waals surface area contributed by atoms with Crippen LogP contribution in [0.2, 0.25) is 0 Å². The molecule has 4 nitrogen and oxygen atoms in total. The Bertz CT molecular complexity index is 539. The number of esters is 2. The van der Waals surface area contributed by atoms with Gasteiger partial charge in [0.1, 0.15) is 12.2 Å². The molecule has 0 aliphatic heterocycles. The summed E-state index contributed by atoms with van der Waals surface area (Å²) in [4.78, 5) is 23.5. The van der Waals surface area contributed by atoms with E-state index >= 15 is 0 Å². The molecule has 2 bridgehead atoms. The summed E-state index contributed by atoms with van der Waals surface area (Å²) in [7, 11) is 0. The van der Waals surface area contributed by atoms with Gasteiger partial charge in [0.15, 0.2) is 0 Å². The van der Waals surface area contributed by atoms with E-state index in [0.717, 1.165) is 30.8 Å². The van der Waals surface area contributed by atoms with Gasteiger partial charge >= 0.3 is 11.9 Å². The minimum Gasteiger partial charge on any atom is -0.458 e. The summed E-state index contributed by atoms with van der Waals surface area (Å²) in [6, 6.07) is 0. The Morgan fingerprint density at radius 2 is 1.96 bits per heavy atom. The second kappa shape index (κ2) is 5.81. The summed E-state index contributed by atoms with van der Waals surface area (Å²) >= 11 is 0. The second-order valence-electron chi connectivity index (χ2n) is 7.53. The van der Waals surface area contributed by atoms with Crippen molar-refractivity contribution < 1.29 is 19.1 Å². The molecular weight excluding hydrogens is 292 g/mol. The fourth-order valence-electron chi connectivity index (χ4n) is 5.73. The molecule has 0 amide bonds. The molecule has 23 heavy (non-hydrogen) atoms. The Hall–Kier alpha value is -1.58. The van der Waals surface area contributed by atoms with Crippen LogP contribution in [0.25, 0.3) is 0 Å². The highest BCUT2D eigenvalue weighted by Crippen LogP contribution is 2.69. The van der Waals surface area contributed by atoms with Crippen molar-refractivity contribution in [3.05, 3.63) is 25.3 Å². The largest absolute Gasteiger partial charge is 0.458 e. The van der Waals surface area contributed by atoms with E-state index in [9.17, 15) is 9.59 Å². The number of fused-ring (bicyclic) bond motifs is 5. The first-order valence-corrected chi connectivity index (χ1v) is 8.60. The van der Waals surface area contributed by atoms with Gasteiger partial charge in [0.2, 0.25) is 0 Å². The zero-order valence-electron chi connectivity index (χ0n) is 13.9. The van der Waals surface area contributed by atoms with E-state index in [1.54, 1.807) is 0 Å². The SMILES string of the molecule is C=CC(=O)OCC(C)(OC(=O)C=C)C12CCC(C1)C1CCCC12. The second-order valence-corrected chi connectivity index (χ2v) is 7.53. The molecule has 0 aromatic heterocycles. The van der Waals surface area contributed by atoms with Gasteiger partial charge in [-0.2, -0.15) is 0 Å². The first-order valence-electron chi connectivity index (χ1n) is 8.60. The monoisotopic (exact) mass is 318 g/mol. The maximum absolute atomic E-state index is 12.0. The van der Waals surface area contributed by atoms with E-state index in [2.05, 4.69) is 13.2 Å². The van der Waals surface area contributed by atoms with Gasteiger partial charge in [-0.3, -0.25) is 0 Å². The van der Waals surface area contributed by atoms with Crippen LogP contribution >= 0.6 is 0 Å². The van der Waals surface area contributed by atoms with Crippen molar-refractivity contribution in [1.29, 1.82) is 0 Å². The first kappa shape index (κ1) is 16.3. The van der Waals surface area contributed by atoms with Crippen LogP contribution in [0.5, 0.6) is 0 Å². The molecular formula is C19H26O4. The predicted octanol–water partition coefficient (Wildman–Crippen LogP) is 3.42. The molecule has 3 rings (SSSR count). The minimum atomic E-state index is -0.796. The van der Waals surface area contributed by atoms with Crippen LogP contribution in [-0.4, -0.2) is 24.1 Å². The van der Waals surface area contributed by atoms with E-state index in [1.807, 2.05) is 6.92 Å². The highest BCUT2D eigenvalue weighted by Gasteiger charge is 2.67.